The molecule has 1 aliphatic heterocycles. The molecule has 1 saturated heterocycles. The first-order chi connectivity index (χ1) is 13.8. The number of rotatable bonds is 3. The molecule has 0 bridgehead atoms. The summed E-state index contributed by atoms with van der Waals surface area (Å²) in [7, 11) is 0. The largest absolute Gasteiger partial charge is 0.454 e. The number of furan rings is 1. The highest BCUT2D eigenvalue weighted by Gasteiger charge is 2.17. The molecule has 5 heteroatoms. The number of hydrogen-bond donors (Lipinski definition) is 2. The van der Waals surface area contributed by atoms with Crippen LogP contribution in [0, 0.1) is 12.3 Å². The van der Waals surface area contributed by atoms with E-state index in [0.717, 1.165) is 71.2 Å². The van der Waals surface area contributed by atoms with Crippen LogP contribution in [-0.2, 0) is 0 Å². The van der Waals surface area contributed by atoms with Crippen LogP contribution in [0.25, 0.3) is 33.7 Å². The van der Waals surface area contributed by atoms with E-state index in [4.69, 9.17) is 10.8 Å². The number of pyridine rings is 1. The number of H-pyrrole nitrogens is 1. The van der Waals surface area contributed by atoms with Crippen molar-refractivity contribution in [1.82, 2.24) is 15.3 Å². The quantitative estimate of drug-likeness (QED) is 0.539. The van der Waals surface area contributed by atoms with Gasteiger partial charge in [-0.15, -0.1) is 6.42 Å². The zero-order chi connectivity index (χ0) is 18.9. The number of para-hydroxylation sites is 1. The second-order valence-electron chi connectivity index (χ2n) is 6.90. The Hall–Kier alpha value is -3.49. The normalized spacial score (nSPS) is 14.3. The molecule has 0 radical (unpaired) electrons. The number of anilines is 1. The summed E-state index contributed by atoms with van der Waals surface area (Å²) in [5.41, 5.74) is 4.57. The fraction of sp³-hybridized carbons (Fsp3) is 0.174. The number of fused-ring (bicyclic) bond motifs is 1. The van der Waals surface area contributed by atoms with Crippen molar-refractivity contribution in [3.05, 3.63) is 60.3 Å². The minimum absolute atomic E-state index is 0.758. The Balaban J connectivity index is 1.52. The van der Waals surface area contributed by atoms with Crippen LogP contribution in [-0.4, -0.2) is 36.1 Å². The second kappa shape index (κ2) is 6.91. The van der Waals surface area contributed by atoms with Crippen molar-refractivity contribution in [2.24, 2.45) is 0 Å². The maximum absolute atomic E-state index is 5.97. The summed E-state index contributed by atoms with van der Waals surface area (Å²) in [5.74, 6) is 4.59. The third-order valence-corrected chi connectivity index (χ3v) is 5.13. The lowest BCUT2D eigenvalue weighted by atomic mass is 10.1. The SMILES string of the molecule is C#Cc1cc(-c2ccnc(-c3cc4ccccc4o3)c2)[nH]c1N1CCNCC1. The average molecular weight is 368 g/mol. The third-order valence-electron chi connectivity index (χ3n) is 5.13. The highest BCUT2D eigenvalue weighted by atomic mass is 16.3. The molecular weight excluding hydrogens is 348 g/mol. The summed E-state index contributed by atoms with van der Waals surface area (Å²) in [4.78, 5) is 10.3. The zero-order valence-electron chi connectivity index (χ0n) is 15.4. The Bertz CT molecular complexity index is 1140. The van der Waals surface area contributed by atoms with Gasteiger partial charge in [-0.25, -0.2) is 0 Å². The minimum Gasteiger partial charge on any atom is -0.454 e. The highest BCUT2D eigenvalue weighted by Crippen LogP contribution is 2.31. The van der Waals surface area contributed by atoms with Crippen LogP contribution in [0.2, 0.25) is 0 Å². The Morgan fingerprint density at radius 3 is 2.75 bits per heavy atom. The van der Waals surface area contributed by atoms with E-state index < -0.39 is 0 Å². The van der Waals surface area contributed by atoms with E-state index in [9.17, 15) is 0 Å². The van der Waals surface area contributed by atoms with Crippen LogP contribution in [0.5, 0.6) is 0 Å². The van der Waals surface area contributed by atoms with E-state index in [-0.39, 0.29) is 0 Å². The molecule has 0 amide bonds. The van der Waals surface area contributed by atoms with E-state index in [2.05, 4.69) is 26.1 Å². The predicted molar refractivity (Wildman–Crippen MR) is 112 cm³/mol. The molecule has 3 aromatic heterocycles. The molecule has 0 aliphatic carbocycles. The third kappa shape index (κ3) is 2.94. The van der Waals surface area contributed by atoms with E-state index in [1.165, 1.54) is 0 Å². The lowest BCUT2D eigenvalue weighted by molar-refractivity contribution is 0.585. The molecule has 5 rings (SSSR count). The van der Waals surface area contributed by atoms with Gasteiger partial charge in [0.05, 0.1) is 5.56 Å². The highest BCUT2D eigenvalue weighted by molar-refractivity contribution is 5.83. The molecule has 1 fully saturated rings. The summed E-state index contributed by atoms with van der Waals surface area (Å²) < 4.78 is 5.97. The summed E-state index contributed by atoms with van der Waals surface area (Å²) in [6.07, 6.45) is 7.58. The van der Waals surface area contributed by atoms with E-state index in [0.29, 0.717) is 0 Å². The van der Waals surface area contributed by atoms with Gasteiger partial charge >= 0.3 is 0 Å². The lowest BCUT2D eigenvalue weighted by Crippen LogP contribution is -2.44. The Morgan fingerprint density at radius 1 is 1.07 bits per heavy atom. The molecule has 0 atom stereocenters. The predicted octanol–water partition coefficient (Wildman–Crippen LogP) is 3.88. The van der Waals surface area contributed by atoms with Crippen LogP contribution in [0.4, 0.5) is 5.82 Å². The van der Waals surface area contributed by atoms with Gasteiger partial charge in [-0.05, 0) is 30.3 Å². The monoisotopic (exact) mass is 368 g/mol. The number of aromatic nitrogens is 2. The first kappa shape index (κ1) is 16.7. The Labute approximate surface area is 163 Å². The minimum atomic E-state index is 0.758. The number of terminal acetylenes is 1. The molecule has 1 aromatic carbocycles. The molecule has 1 aliphatic rings. The number of nitrogens with zero attached hydrogens (tertiary/aromatic N) is 2. The number of hydrogen-bond acceptors (Lipinski definition) is 4. The molecule has 5 nitrogen and oxygen atoms in total. The molecular formula is C23H20N4O. The topological polar surface area (TPSA) is 57.1 Å². The average Bonchev–Trinajstić information content (AvgIpc) is 3.39. The van der Waals surface area contributed by atoms with Crippen molar-refractivity contribution in [2.75, 3.05) is 31.1 Å². The van der Waals surface area contributed by atoms with E-state index in [1.54, 1.807) is 6.20 Å². The van der Waals surface area contributed by atoms with Crippen LogP contribution < -0.4 is 10.2 Å². The lowest BCUT2D eigenvalue weighted by Gasteiger charge is -2.28. The van der Waals surface area contributed by atoms with Crippen molar-refractivity contribution >= 4 is 16.8 Å². The van der Waals surface area contributed by atoms with Crippen LogP contribution in [0.15, 0.2) is 59.1 Å². The van der Waals surface area contributed by atoms with Crippen molar-refractivity contribution in [3.63, 3.8) is 0 Å². The maximum atomic E-state index is 5.97. The number of piperazine rings is 1. The van der Waals surface area contributed by atoms with Crippen LogP contribution in [0.3, 0.4) is 0 Å². The molecule has 2 N–H and O–H groups in total. The number of aromatic amines is 1. The Kier molecular flexibility index (Phi) is 4.12. The molecule has 4 heterocycles. The number of nitrogens with one attached hydrogen (secondary N) is 2. The Morgan fingerprint density at radius 2 is 1.93 bits per heavy atom. The van der Waals surface area contributed by atoms with E-state index >= 15 is 0 Å². The van der Waals surface area contributed by atoms with Gasteiger partial charge in [-0.3, -0.25) is 4.98 Å². The number of benzene rings is 1. The summed E-state index contributed by atoms with van der Waals surface area (Å²) in [6, 6.07) is 16.1. The van der Waals surface area contributed by atoms with Gasteiger partial charge < -0.3 is 19.6 Å². The van der Waals surface area contributed by atoms with Crippen molar-refractivity contribution < 1.29 is 4.42 Å². The van der Waals surface area contributed by atoms with Crippen molar-refractivity contribution in [2.45, 2.75) is 0 Å². The summed E-state index contributed by atoms with van der Waals surface area (Å²) in [5, 5.41) is 4.44. The second-order valence-corrected chi connectivity index (χ2v) is 6.90. The first-order valence-corrected chi connectivity index (χ1v) is 9.42. The van der Waals surface area contributed by atoms with Gasteiger partial charge in [0.2, 0.25) is 0 Å². The first-order valence-electron chi connectivity index (χ1n) is 9.42. The molecule has 0 unspecified atom stereocenters. The van der Waals surface area contributed by atoms with Crippen molar-refractivity contribution in [3.8, 4) is 35.1 Å². The van der Waals surface area contributed by atoms with Crippen LogP contribution >= 0.6 is 0 Å². The molecule has 0 saturated carbocycles. The standard InChI is InChI=1S/C23H20N4O/c1-2-16-13-19(26-23(16)27-11-9-24-10-12-27)17-7-8-25-20(14-17)22-15-18-5-3-4-6-21(18)28-22/h1,3-8,13-15,24,26H,9-12H2. The fourth-order valence-corrected chi connectivity index (χ4v) is 3.69. The summed E-state index contributed by atoms with van der Waals surface area (Å²) >= 11 is 0. The van der Waals surface area contributed by atoms with Gasteiger partial charge in [-0.2, -0.15) is 0 Å². The molecule has 0 spiro atoms. The van der Waals surface area contributed by atoms with Gasteiger partial charge in [0.15, 0.2) is 5.76 Å². The van der Waals surface area contributed by atoms with E-state index in [1.807, 2.05) is 48.5 Å². The van der Waals surface area contributed by atoms with Crippen molar-refractivity contribution in [1.29, 1.82) is 0 Å². The van der Waals surface area contributed by atoms with Crippen LogP contribution in [0.1, 0.15) is 5.56 Å². The zero-order valence-corrected chi connectivity index (χ0v) is 15.4. The van der Waals surface area contributed by atoms with Gasteiger partial charge in [0.25, 0.3) is 0 Å². The molecule has 4 aromatic rings. The fourth-order valence-electron chi connectivity index (χ4n) is 3.69. The summed E-state index contributed by atoms with van der Waals surface area (Å²) in [6.45, 7) is 3.80. The van der Waals surface area contributed by atoms with Gasteiger partial charge in [-0.1, -0.05) is 24.1 Å². The van der Waals surface area contributed by atoms with Gasteiger partial charge in [0, 0.05) is 49.0 Å². The van der Waals surface area contributed by atoms with Gasteiger partial charge in [0.1, 0.15) is 17.1 Å². The molecule has 28 heavy (non-hydrogen) atoms. The smallest absolute Gasteiger partial charge is 0.153 e. The maximum Gasteiger partial charge on any atom is 0.153 e. The molecule has 138 valence electrons.